The lowest BCUT2D eigenvalue weighted by molar-refractivity contribution is -0.213. The molecular formula is C32H52O2. The zero-order valence-corrected chi connectivity index (χ0v) is 23.8. The van der Waals surface area contributed by atoms with E-state index < -0.39 is 0 Å². The first-order valence-corrected chi connectivity index (χ1v) is 14.5. The van der Waals surface area contributed by atoms with Crippen LogP contribution in [-0.2, 0) is 9.53 Å². The second-order valence-corrected chi connectivity index (χ2v) is 15.8. The van der Waals surface area contributed by atoms with E-state index in [0.717, 1.165) is 12.3 Å². The molecule has 0 aliphatic heterocycles. The number of carbonyl (C=O) groups excluding carboxylic acids is 1. The molecule has 0 aromatic rings. The van der Waals surface area contributed by atoms with Crippen molar-refractivity contribution in [2.24, 2.45) is 44.3 Å². The zero-order chi connectivity index (χ0) is 24.9. The maximum absolute atomic E-state index is 11.9. The van der Waals surface area contributed by atoms with Gasteiger partial charge in [0.05, 0.1) is 0 Å². The normalized spacial score (nSPS) is 49.3. The third-order valence-electron chi connectivity index (χ3n) is 13.2. The van der Waals surface area contributed by atoms with Crippen LogP contribution in [0, 0.1) is 44.3 Å². The van der Waals surface area contributed by atoms with Gasteiger partial charge in [-0.05, 0) is 110 Å². The first-order chi connectivity index (χ1) is 15.6. The summed E-state index contributed by atoms with van der Waals surface area (Å²) in [5.41, 5.74) is 5.84. The van der Waals surface area contributed by atoms with Crippen molar-refractivity contribution in [2.75, 3.05) is 0 Å². The van der Waals surface area contributed by atoms with Crippen molar-refractivity contribution in [1.82, 2.24) is 0 Å². The van der Waals surface area contributed by atoms with Gasteiger partial charge in [0.2, 0.25) is 0 Å². The Bertz CT molecular complexity index is 910. The molecule has 0 spiro atoms. The molecule has 7 atom stereocenters. The number of hydrogen-bond donors (Lipinski definition) is 0. The van der Waals surface area contributed by atoms with Gasteiger partial charge in [-0.15, -0.1) is 0 Å². The lowest BCUT2D eigenvalue weighted by Crippen LogP contribution is -2.64. The van der Waals surface area contributed by atoms with E-state index in [1.54, 1.807) is 6.92 Å². The van der Waals surface area contributed by atoms with E-state index in [4.69, 9.17) is 4.74 Å². The van der Waals surface area contributed by atoms with Crippen molar-refractivity contribution >= 4 is 5.97 Å². The molecule has 2 heteroatoms. The van der Waals surface area contributed by atoms with E-state index in [1.807, 2.05) is 11.1 Å². The number of ether oxygens (including phenoxy) is 1. The maximum Gasteiger partial charge on any atom is 0.302 e. The van der Waals surface area contributed by atoms with E-state index in [2.05, 4.69) is 55.4 Å². The van der Waals surface area contributed by atoms with Crippen molar-refractivity contribution in [3.63, 3.8) is 0 Å². The molecule has 0 saturated heterocycles. The molecule has 0 unspecified atom stereocenters. The van der Waals surface area contributed by atoms with Crippen molar-refractivity contribution in [3.05, 3.63) is 11.1 Å². The fourth-order valence-electron chi connectivity index (χ4n) is 10.9. The second-order valence-electron chi connectivity index (χ2n) is 15.8. The average Bonchev–Trinajstić information content (AvgIpc) is 2.72. The molecule has 0 N–H and O–H groups in total. The lowest BCUT2D eigenvalue weighted by atomic mass is 9.34. The molecule has 0 radical (unpaired) electrons. The molecule has 0 amide bonds. The molecular weight excluding hydrogens is 416 g/mol. The predicted molar refractivity (Wildman–Crippen MR) is 140 cm³/mol. The Kier molecular flexibility index (Phi) is 5.40. The van der Waals surface area contributed by atoms with E-state index in [0.29, 0.717) is 33.0 Å². The lowest BCUT2D eigenvalue weighted by Gasteiger charge is -2.71. The van der Waals surface area contributed by atoms with Crippen molar-refractivity contribution in [1.29, 1.82) is 0 Å². The molecule has 0 aromatic carbocycles. The van der Waals surface area contributed by atoms with Crippen LogP contribution in [0.5, 0.6) is 0 Å². The monoisotopic (exact) mass is 468 g/mol. The van der Waals surface area contributed by atoms with Crippen molar-refractivity contribution in [2.45, 2.75) is 139 Å². The molecule has 34 heavy (non-hydrogen) atoms. The maximum atomic E-state index is 11.9. The average molecular weight is 469 g/mol. The number of allylic oxidation sites excluding steroid dienone is 2. The number of rotatable bonds is 1. The Morgan fingerprint density at radius 3 is 2.12 bits per heavy atom. The van der Waals surface area contributed by atoms with Crippen molar-refractivity contribution < 1.29 is 9.53 Å². The third kappa shape index (κ3) is 3.21. The van der Waals surface area contributed by atoms with Crippen LogP contribution in [0.25, 0.3) is 0 Å². The molecule has 4 fully saturated rings. The molecule has 0 aromatic heterocycles. The summed E-state index contributed by atoms with van der Waals surface area (Å²) in [5.74, 6) is 1.30. The third-order valence-corrected chi connectivity index (χ3v) is 13.2. The van der Waals surface area contributed by atoms with Gasteiger partial charge in [0.25, 0.3) is 0 Å². The van der Waals surface area contributed by atoms with E-state index in [-0.39, 0.29) is 17.5 Å². The summed E-state index contributed by atoms with van der Waals surface area (Å²) in [6, 6.07) is 0. The van der Waals surface area contributed by atoms with Crippen molar-refractivity contribution in [3.8, 4) is 0 Å². The Morgan fingerprint density at radius 1 is 0.765 bits per heavy atom. The fourth-order valence-corrected chi connectivity index (χ4v) is 10.9. The molecule has 0 bridgehead atoms. The highest BCUT2D eigenvalue weighted by Crippen LogP contribution is 2.75. The summed E-state index contributed by atoms with van der Waals surface area (Å²) < 4.78 is 5.91. The minimum absolute atomic E-state index is 0.0537. The van der Waals surface area contributed by atoms with Gasteiger partial charge < -0.3 is 4.74 Å². The minimum atomic E-state index is -0.107. The van der Waals surface area contributed by atoms with Crippen LogP contribution in [0.4, 0.5) is 0 Å². The molecule has 5 aliphatic carbocycles. The summed E-state index contributed by atoms with van der Waals surface area (Å²) >= 11 is 0. The first kappa shape index (κ1) is 24.9. The van der Waals surface area contributed by atoms with Gasteiger partial charge >= 0.3 is 5.97 Å². The summed E-state index contributed by atoms with van der Waals surface area (Å²) in [6.45, 7) is 22.1. The predicted octanol–water partition coefficient (Wildman–Crippen LogP) is 8.88. The standard InChI is InChI=1S/C32H52O2/c1-21(33)34-26-13-14-30(7)24(28(26,4)5)12-15-32(9)25(30)11-10-22-23-20-27(2,3)16-17-29(23,6)18-19-31(22,32)8/h24-26H,10-20H2,1-9H3/t24-,25-,26+,29-,30+,31-,32-/m1/s1. The molecule has 5 rings (SSSR count). The summed E-state index contributed by atoms with van der Waals surface area (Å²) in [5, 5.41) is 0. The molecule has 2 nitrogen and oxygen atoms in total. The molecule has 4 saturated carbocycles. The number of hydrogen-bond acceptors (Lipinski definition) is 2. The van der Waals surface area contributed by atoms with Gasteiger partial charge in [-0.3, -0.25) is 4.79 Å². The summed E-state index contributed by atoms with van der Waals surface area (Å²) in [6.07, 6.45) is 14.5. The number of esters is 1. The Hall–Kier alpha value is -0.790. The number of carbonyl (C=O) groups is 1. The Labute approximate surface area is 210 Å². The van der Waals surface area contributed by atoms with Crippen LogP contribution in [0.3, 0.4) is 0 Å². The van der Waals surface area contributed by atoms with Gasteiger partial charge in [0, 0.05) is 12.3 Å². The Balaban J connectivity index is 1.54. The van der Waals surface area contributed by atoms with Crippen LogP contribution >= 0.6 is 0 Å². The van der Waals surface area contributed by atoms with Gasteiger partial charge in [-0.25, -0.2) is 0 Å². The minimum Gasteiger partial charge on any atom is -0.462 e. The van der Waals surface area contributed by atoms with Crippen LogP contribution in [-0.4, -0.2) is 12.1 Å². The molecule has 192 valence electrons. The second kappa shape index (κ2) is 7.38. The van der Waals surface area contributed by atoms with Crippen LogP contribution in [0.1, 0.15) is 133 Å². The Morgan fingerprint density at radius 2 is 1.44 bits per heavy atom. The zero-order valence-electron chi connectivity index (χ0n) is 23.8. The highest BCUT2D eigenvalue weighted by atomic mass is 16.5. The van der Waals surface area contributed by atoms with Gasteiger partial charge in [0.1, 0.15) is 6.10 Å². The van der Waals surface area contributed by atoms with Crippen LogP contribution in [0.2, 0.25) is 0 Å². The quantitative estimate of drug-likeness (QED) is 0.284. The highest BCUT2D eigenvalue weighted by molar-refractivity contribution is 5.66. The summed E-state index contributed by atoms with van der Waals surface area (Å²) in [4.78, 5) is 11.9. The van der Waals surface area contributed by atoms with E-state index in [1.165, 1.54) is 64.2 Å². The largest absolute Gasteiger partial charge is 0.462 e. The summed E-state index contributed by atoms with van der Waals surface area (Å²) in [7, 11) is 0. The SMILES string of the molecule is CC(=O)O[C@H]1CC[C@@]2(C)[C@H](CC[C@]3(C)[C@@H]2CCC2=C4CC(C)(C)CC[C@]4(C)CC[C@]23C)C1(C)C. The van der Waals surface area contributed by atoms with Gasteiger partial charge in [-0.1, -0.05) is 66.5 Å². The highest BCUT2D eigenvalue weighted by Gasteiger charge is 2.67. The first-order valence-electron chi connectivity index (χ1n) is 14.5. The fraction of sp³-hybridized carbons (Fsp3) is 0.906. The van der Waals surface area contributed by atoms with E-state index >= 15 is 0 Å². The molecule has 5 aliphatic rings. The topological polar surface area (TPSA) is 26.3 Å². The van der Waals surface area contributed by atoms with Crippen LogP contribution in [0.15, 0.2) is 11.1 Å². The smallest absolute Gasteiger partial charge is 0.302 e. The van der Waals surface area contributed by atoms with Gasteiger partial charge in [0.15, 0.2) is 0 Å². The molecule has 0 heterocycles. The van der Waals surface area contributed by atoms with Gasteiger partial charge in [-0.2, -0.15) is 0 Å². The van der Waals surface area contributed by atoms with Crippen LogP contribution < -0.4 is 0 Å². The number of fused-ring (bicyclic) bond motifs is 6. The van der Waals surface area contributed by atoms with E-state index in [9.17, 15) is 4.79 Å².